The van der Waals surface area contributed by atoms with Gasteiger partial charge in [-0.15, -0.1) is 21.5 Å². The van der Waals surface area contributed by atoms with Crippen LogP contribution in [0.5, 0.6) is 0 Å². The number of hydrogen-bond acceptors (Lipinski definition) is 8. The van der Waals surface area contributed by atoms with E-state index in [0.29, 0.717) is 10.6 Å². The highest BCUT2D eigenvalue weighted by molar-refractivity contribution is 8.03. The fourth-order valence-corrected chi connectivity index (χ4v) is 5.73. The van der Waals surface area contributed by atoms with Gasteiger partial charge in [-0.25, -0.2) is 0 Å². The van der Waals surface area contributed by atoms with E-state index in [4.69, 9.17) is 0 Å². The van der Waals surface area contributed by atoms with Gasteiger partial charge in [0, 0.05) is 4.88 Å². The van der Waals surface area contributed by atoms with Crippen molar-refractivity contribution >= 4 is 57.1 Å². The van der Waals surface area contributed by atoms with Crippen molar-refractivity contribution in [3.05, 3.63) is 16.0 Å². The van der Waals surface area contributed by atoms with Gasteiger partial charge in [-0.3, -0.25) is 4.79 Å². The minimum atomic E-state index is -0.109. The lowest BCUT2D eigenvalue weighted by Gasteiger charge is -2.02. The molecule has 0 fully saturated rings. The molecule has 3 rings (SSSR count). The Morgan fingerprint density at radius 1 is 1.36 bits per heavy atom. The minimum Gasteiger partial charge on any atom is -0.316 e. The first-order valence-electron chi connectivity index (χ1n) is 6.56. The number of aromatic nitrogens is 2. The Morgan fingerprint density at radius 3 is 2.91 bits per heavy atom. The summed E-state index contributed by atoms with van der Waals surface area (Å²) in [5, 5.41) is 20.9. The van der Waals surface area contributed by atoms with Crippen LogP contribution in [-0.4, -0.2) is 28.1 Å². The van der Waals surface area contributed by atoms with E-state index in [1.807, 2.05) is 6.26 Å². The maximum Gasteiger partial charge on any atom is 0.235 e. The molecule has 0 unspecified atom stereocenters. The highest BCUT2D eigenvalue weighted by Gasteiger charge is 2.23. The van der Waals surface area contributed by atoms with E-state index in [1.54, 1.807) is 11.8 Å². The van der Waals surface area contributed by atoms with Crippen LogP contribution in [0.3, 0.4) is 0 Å². The summed E-state index contributed by atoms with van der Waals surface area (Å²) in [7, 11) is 0. The number of carbonyl (C=O) groups excluding carboxylic acids is 1. The number of carbonyl (C=O) groups is 1. The van der Waals surface area contributed by atoms with Crippen molar-refractivity contribution in [1.82, 2.24) is 10.2 Å². The van der Waals surface area contributed by atoms with E-state index >= 15 is 0 Å². The quantitative estimate of drug-likeness (QED) is 0.815. The zero-order valence-corrected chi connectivity index (χ0v) is 15.0. The maximum atomic E-state index is 12.1. The van der Waals surface area contributed by atoms with E-state index in [9.17, 15) is 10.1 Å². The number of anilines is 1. The van der Waals surface area contributed by atoms with Crippen LogP contribution in [-0.2, 0) is 17.6 Å². The van der Waals surface area contributed by atoms with Crippen molar-refractivity contribution in [1.29, 1.82) is 5.26 Å². The zero-order valence-electron chi connectivity index (χ0n) is 11.7. The van der Waals surface area contributed by atoms with Crippen LogP contribution in [0.4, 0.5) is 5.00 Å². The van der Waals surface area contributed by atoms with Crippen molar-refractivity contribution in [2.75, 3.05) is 17.3 Å². The van der Waals surface area contributed by atoms with Crippen molar-refractivity contribution in [3.8, 4) is 6.07 Å². The van der Waals surface area contributed by atoms with Crippen LogP contribution in [0.2, 0.25) is 0 Å². The Morgan fingerprint density at radius 2 is 2.18 bits per heavy atom. The molecule has 0 spiro atoms. The lowest BCUT2D eigenvalue weighted by atomic mass is 10.1. The molecule has 0 atom stereocenters. The third kappa shape index (κ3) is 3.30. The average Bonchev–Trinajstić information content (AvgIpc) is 3.20. The summed E-state index contributed by atoms with van der Waals surface area (Å²) >= 11 is 5.93. The van der Waals surface area contributed by atoms with Gasteiger partial charge in [-0.1, -0.05) is 34.9 Å². The molecule has 0 aliphatic heterocycles. The lowest BCUT2D eigenvalue weighted by molar-refractivity contribution is -0.113. The number of nitriles is 1. The normalized spacial score (nSPS) is 12.9. The molecule has 0 saturated carbocycles. The number of nitrogens with zero attached hydrogens (tertiary/aromatic N) is 3. The molecule has 114 valence electrons. The molecule has 5 nitrogen and oxygen atoms in total. The Balaban J connectivity index is 1.61. The lowest BCUT2D eigenvalue weighted by Crippen LogP contribution is -2.13. The number of nitrogens with one attached hydrogen (secondary N) is 1. The number of thioether (sulfide) groups is 2. The Kier molecular flexibility index (Phi) is 5.03. The molecule has 2 aromatic rings. The van der Waals surface area contributed by atoms with Crippen LogP contribution < -0.4 is 5.32 Å². The van der Waals surface area contributed by atoms with Gasteiger partial charge >= 0.3 is 0 Å². The van der Waals surface area contributed by atoms with Crippen molar-refractivity contribution < 1.29 is 4.79 Å². The topological polar surface area (TPSA) is 78.7 Å². The fraction of sp³-hybridized carbons (Fsp3) is 0.385. The Bertz CT molecular complexity index is 746. The van der Waals surface area contributed by atoms with Gasteiger partial charge in [0.2, 0.25) is 5.91 Å². The molecule has 2 heterocycles. The largest absolute Gasteiger partial charge is 0.316 e. The van der Waals surface area contributed by atoms with Gasteiger partial charge in [0.05, 0.1) is 11.3 Å². The van der Waals surface area contributed by atoms with Gasteiger partial charge < -0.3 is 5.32 Å². The van der Waals surface area contributed by atoms with Crippen LogP contribution in [0.1, 0.15) is 22.4 Å². The average molecular weight is 369 g/mol. The maximum absolute atomic E-state index is 12.1. The predicted octanol–water partition coefficient (Wildman–Crippen LogP) is 3.41. The molecule has 1 N–H and O–H groups in total. The predicted molar refractivity (Wildman–Crippen MR) is 92.1 cm³/mol. The molecule has 0 bridgehead atoms. The SMILES string of the molecule is CSc1nnc(SCC(=O)Nc2sc3c(c2C#N)CCC3)s1. The summed E-state index contributed by atoms with van der Waals surface area (Å²) in [5.41, 5.74) is 1.78. The first-order chi connectivity index (χ1) is 10.7. The molecule has 0 saturated heterocycles. The molecule has 1 amide bonds. The monoisotopic (exact) mass is 368 g/mol. The fourth-order valence-electron chi connectivity index (χ4n) is 2.24. The first-order valence-corrected chi connectivity index (χ1v) is 10.4. The number of amides is 1. The highest BCUT2D eigenvalue weighted by Crippen LogP contribution is 2.38. The summed E-state index contributed by atoms with van der Waals surface area (Å²) in [4.78, 5) is 13.3. The van der Waals surface area contributed by atoms with Crippen molar-refractivity contribution in [2.24, 2.45) is 0 Å². The van der Waals surface area contributed by atoms with Crippen molar-refractivity contribution in [2.45, 2.75) is 27.9 Å². The standard InChI is InChI=1S/C13H12N4OS4/c1-19-12-16-17-13(22-12)20-6-10(18)15-11-8(5-14)7-3-2-4-9(7)21-11/h2-4,6H2,1H3,(H,15,18). The van der Waals surface area contributed by atoms with Crippen LogP contribution >= 0.6 is 46.2 Å². The summed E-state index contributed by atoms with van der Waals surface area (Å²) in [6.07, 6.45) is 5.01. The second kappa shape index (κ2) is 7.00. The van der Waals surface area contributed by atoms with Crippen LogP contribution in [0.15, 0.2) is 8.68 Å². The van der Waals surface area contributed by atoms with Crippen LogP contribution in [0, 0.1) is 11.3 Å². The third-order valence-electron chi connectivity index (χ3n) is 3.18. The van der Waals surface area contributed by atoms with E-state index in [-0.39, 0.29) is 11.7 Å². The molecule has 22 heavy (non-hydrogen) atoms. The summed E-state index contributed by atoms with van der Waals surface area (Å²) in [6, 6.07) is 2.23. The minimum absolute atomic E-state index is 0.109. The first kappa shape index (κ1) is 15.8. The summed E-state index contributed by atoms with van der Waals surface area (Å²) in [5.74, 6) is 0.165. The zero-order chi connectivity index (χ0) is 15.5. The molecule has 0 radical (unpaired) electrons. The van der Waals surface area contributed by atoms with Gasteiger partial charge in [-0.05, 0) is 31.1 Å². The summed E-state index contributed by atoms with van der Waals surface area (Å²) in [6.45, 7) is 0. The Labute approximate surface area is 144 Å². The second-order valence-electron chi connectivity index (χ2n) is 4.55. The highest BCUT2D eigenvalue weighted by atomic mass is 32.2. The number of hydrogen-bond donors (Lipinski definition) is 1. The molecule has 1 aliphatic rings. The van der Waals surface area contributed by atoms with Gasteiger partial charge in [0.25, 0.3) is 0 Å². The van der Waals surface area contributed by atoms with E-state index < -0.39 is 0 Å². The molecule has 9 heteroatoms. The molecular weight excluding hydrogens is 356 g/mol. The summed E-state index contributed by atoms with van der Waals surface area (Å²) < 4.78 is 1.68. The number of rotatable bonds is 5. The molecule has 1 aliphatic carbocycles. The molecular formula is C13H12N4OS4. The van der Waals surface area contributed by atoms with Gasteiger partial charge in [0.1, 0.15) is 11.1 Å². The van der Waals surface area contributed by atoms with Gasteiger partial charge in [0.15, 0.2) is 8.68 Å². The number of aryl methyl sites for hydroxylation is 1. The van der Waals surface area contributed by atoms with Crippen molar-refractivity contribution in [3.63, 3.8) is 0 Å². The molecule has 0 aromatic carbocycles. The van der Waals surface area contributed by atoms with Crippen LogP contribution in [0.25, 0.3) is 0 Å². The smallest absolute Gasteiger partial charge is 0.235 e. The number of fused-ring (bicyclic) bond motifs is 1. The van der Waals surface area contributed by atoms with E-state index in [1.165, 1.54) is 39.3 Å². The second-order valence-corrected chi connectivity index (χ2v) is 8.91. The number of thiophene rings is 1. The van der Waals surface area contributed by atoms with E-state index in [0.717, 1.165) is 33.5 Å². The Hall–Kier alpha value is -1.08. The third-order valence-corrected chi connectivity index (χ3v) is 7.41. The van der Waals surface area contributed by atoms with Gasteiger partial charge in [-0.2, -0.15) is 5.26 Å². The van der Waals surface area contributed by atoms with E-state index in [2.05, 4.69) is 21.6 Å². The molecule has 2 aromatic heterocycles.